The van der Waals surface area contributed by atoms with E-state index in [1.807, 2.05) is 4.90 Å². The van der Waals surface area contributed by atoms with Crippen LogP contribution >= 0.6 is 12.4 Å². The lowest BCUT2D eigenvalue weighted by Crippen LogP contribution is -2.45. The first-order valence-electron chi connectivity index (χ1n) is 8.40. The molecule has 0 aromatic carbocycles. The summed E-state index contributed by atoms with van der Waals surface area (Å²) in [6.07, 6.45) is 7.83. The number of rotatable bonds is 7. The summed E-state index contributed by atoms with van der Waals surface area (Å²) in [5, 5.41) is 3.34. The van der Waals surface area contributed by atoms with Gasteiger partial charge in [-0.15, -0.1) is 12.4 Å². The first-order valence-corrected chi connectivity index (χ1v) is 10.3. The van der Waals surface area contributed by atoms with E-state index >= 15 is 0 Å². The van der Waals surface area contributed by atoms with Crippen LogP contribution in [-0.4, -0.2) is 57.7 Å². The summed E-state index contributed by atoms with van der Waals surface area (Å²) < 4.78 is 24.8. The van der Waals surface area contributed by atoms with Crippen LogP contribution in [-0.2, 0) is 14.8 Å². The van der Waals surface area contributed by atoms with Gasteiger partial charge in [-0.1, -0.05) is 0 Å². The highest BCUT2D eigenvalue weighted by Gasteiger charge is 2.27. The molecule has 0 bridgehead atoms. The van der Waals surface area contributed by atoms with Crippen molar-refractivity contribution in [1.82, 2.24) is 14.9 Å². The molecule has 6 nitrogen and oxygen atoms in total. The van der Waals surface area contributed by atoms with Gasteiger partial charge in [-0.3, -0.25) is 4.79 Å². The lowest BCUT2D eigenvalue weighted by Gasteiger charge is -2.36. The van der Waals surface area contributed by atoms with Crippen molar-refractivity contribution in [2.24, 2.45) is 5.92 Å². The molecule has 2 saturated heterocycles. The van der Waals surface area contributed by atoms with Crippen LogP contribution < -0.4 is 10.0 Å². The molecule has 2 aliphatic heterocycles. The van der Waals surface area contributed by atoms with Crippen LogP contribution in [0.3, 0.4) is 0 Å². The van der Waals surface area contributed by atoms with Crippen molar-refractivity contribution < 1.29 is 13.2 Å². The summed E-state index contributed by atoms with van der Waals surface area (Å²) in [6, 6.07) is 0.192. The summed E-state index contributed by atoms with van der Waals surface area (Å²) in [7, 11) is -3.14. The molecule has 8 heteroatoms. The molecule has 1 amide bonds. The second kappa shape index (κ2) is 9.81. The number of amides is 1. The van der Waals surface area contributed by atoms with E-state index < -0.39 is 10.0 Å². The second-order valence-electron chi connectivity index (χ2n) is 6.59. The third-order valence-electron chi connectivity index (χ3n) is 4.72. The molecule has 2 aliphatic rings. The molecule has 0 aromatic rings. The highest BCUT2D eigenvalue weighted by atomic mass is 35.5. The lowest BCUT2D eigenvalue weighted by atomic mass is 9.97. The Morgan fingerprint density at radius 2 is 2.04 bits per heavy atom. The Kier molecular flexibility index (Phi) is 8.82. The smallest absolute Gasteiger partial charge is 0.222 e. The number of hydrogen-bond acceptors (Lipinski definition) is 4. The number of hydrogen-bond donors (Lipinski definition) is 2. The van der Waals surface area contributed by atoms with Gasteiger partial charge in [-0.25, -0.2) is 13.1 Å². The van der Waals surface area contributed by atoms with Crippen molar-refractivity contribution in [3.63, 3.8) is 0 Å². The predicted molar refractivity (Wildman–Crippen MR) is 94.3 cm³/mol. The Bertz CT molecular complexity index is 467. The maximum Gasteiger partial charge on any atom is 0.222 e. The van der Waals surface area contributed by atoms with E-state index in [-0.39, 0.29) is 24.4 Å². The minimum atomic E-state index is -3.14. The number of nitrogens with one attached hydrogen (secondary N) is 2. The minimum absolute atomic E-state index is 0. The van der Waals surface area contributed by atoms with Gasteiger partial charge in [0, 0.05) is 25.6 Å². The molecule has 2 N–H and O–H groups in total. The fourth-order valence-electron chi connectivity index (χ4n) is 3.47. The number of nitrogens with zero attached hydrogens (tertiary/aromatic N) is 1. The summed E-state index contributed by atoms with van der Waals surface area (Å²) in [6.45, 7) is 3.35. The lowest BCUT2D eigenvalue weighted by molar-refractivity contribution is -0.135. The van der Waals surface area contributed by atoms with Crippen molar-refractivity contribution in [1.29, 1.82) is 0 Å². The zero-order valence-corrected chi connectivity index (χ0v) is 15.6. The van der Waals surface area contributed by atoms with Crippen LogP contribution in [0.2, 0.25) is 0 Å². The topological polar surface area (TPSA) is 78.5 Å². The summed E-state index contributed by atoms with van der Waals surface area (Å²) >= 11 is 0. The van der Waals surface area contributed by atoms with Crippen LogP contribution in [0.25, 0.3) is 0 Å². The molecule has 0 spiro atoms. The Labute approximate surface area is 146 Å². The molecule has 0 aromatic heterocycles. The molecular weight excluding hydrogens is 338 g/mol. The Morgan fingerprint density at radius 3 is 2.70 bits per heavy atom. The average Bonchev–Trinajstić information content (AvgIpc) is 2.97. The largest absolute Gasteiger partial charge is 0.340 e. The van der Waals surface area contributed by atoms with Crippen molar-refractivity contribution >= 4 is 28.3 Å². The van der Waals surface area contributed by atoms with Crippen molar-refractivity contribution in [3.05, 3.63) is 0 Å². The SMILES string of the molecule is CS(=O)(=O)NCCC1CCCCN1C(=O)CCC1CCNC1.Cl. The number of piperidine rings is 1. The molecule has 0 aliphatic carbocycles. The van der Waals surface area contributed by atoms with Gasteiger partial charge >= 0.3 is 0 Å². The highest BCUT2D eigenvalue weighted by Crippen LogP contribution is 2.22. The minimum Gasteiger partial charge on any atom is -0.340 e. The van der Waals surface area contributed by atoms with E-state index in [9.17, 15) is 13.2 Å². The number of halogens is 1. The van der Waals surface area contributed by atoms with Crippen LogP contribution in [0, 0.1) is 5.92 Å². The summed E-state index contributed by atoms with van der Waals surface area (Å²) in [4.78, 5) is 14.5. The van der Waals surface area contributed by atoms with Gasteiger partial charge in [0.25, 0.3) is 0 Å². The fourth-order valence-corrected chi connectivity index (χ4v) is 3.96. The number of carbonyl (C=O) groups is 1. The molecule has 0 radical (unpaired) electrons. The van der Waals surface area contributed by atoms with E-state index in [1.165, 1.54) is 12.7 Å². The highest BCUT2D eigenvalue weighted by molar-refractivity contribution is 7.88. The monoisotopic (exact) mass is 367 g/mol. The second-order valence-corrected chi connectivity index (χ2v) is 8.42. The van der Waals surface area contributed by atoms with Crippen LogP contribution in [0.15, 0.2) is 0 Å². The number of sulfonamides is 1. The fraction of sp³-hybridized carbons (Fsp3) is 0.933. The first-order chi connectivity index (χ1) is 10.5. The summed E-state index contributed by atoms with van der Waals surface area (Å²) in [5.74, 6) is 0.884. The molecule has 2 heterocycles. The normalized spacial score (nSPS) is 25.2. The van der Waals surface area contributed by atoms with Crippen molar-refractivity contribution in [2.45, 2.75) is 51.0 Å². The van der Waals surface area contributed by atoms with Gasteiger partial charge in [0.05, 0.1) is 6.26 Å². The third kappa shape index (κ3) is 7.37. The van der Waals surface area contributed by atoms with Gasteiger partial charge in [-0.05, 0) is 57.5 Å². The van der Waals surface area contributed by atoms with Gasteiger partial charge in [0.1, 0.15) is 0 Å². The molecule has 2 rings (SSSR count). The number of likely N-dealkylation sites (tertiary alicyclic amines) is 1. The zero-order chi connectivity index (χ0) is 16.0. The van der Waals surface area contributed by atoms with E-state index in [1.54, 1.807) is 0 Å². The van der Waals surface area contributed by atoms with E-state index in [4.69, 9.17) is 0 Å². The van der Waals surface area contributed by atoms with E-state index in [2.05, 4.69) is 10.0 Å². The van der Waals surface area contributed by atoms with E-state index in [0.717, 1.165) is 45.3 Å². The van der Waals surface area contributed by atoms with Crippen molar-refractivity contribution in [2.75, 3.05) is 32.4 Å². The first kappa shape index (κ1) is 20.7. The molecule has 2 unspecified atom stereocenters. The molecule has 23 heavy (non-hydrogen) atoms. The Morgan fingerprint density at radius 1 is 1.26 bits per heavy atom. The standard InChI is InChI=1S/C15H29N3O3S.ClH/c1-22(20,21)17-10-8-14-4-2-3-11-18(14)15(19)6-5-13-7-9-16-12-13;/h13-14,16-17H,2-12H2,1H3;1H. The zero-order valence-electron chi connectivity index (χ0n) is 13.9. The Balaban J connectivity index is 0.00000264. The maximum atomic E-state index is 12.5. The Hall–Kier alpha value is -0.370. The van der Waals surface area contributed by atoms with Gasteiger partial charge in [0.15, 0.2) is 0 Å². The quantitative estimate of drug-likeness (QED) is 0.706. The molecule has 136 valence electrons. The van der Waals surface area contributed by atoms with Gasteiger partial charge in [-0.2, -0.15) is 0 Å². The van der Waals surface area contributed by atoms with Crippen molar-refractivity contribution in [3.8, 4) is 0 Å². The predicted octanol–water partition coefficient (Wildman–Crippen LogP) is 1.12. The molecule has 0 saturated carbocycles. The molecule has 2 fully saturated rings. The van der Waals surface area contributed by atoms with Crippen LogP contribution in [0.4, 0.5) is 0 Å². The third-order valence-corrected chi connectivity index (χ3v) is 5.45. The van der Waals surface area contributed by atoms with Gasteiger partial charge in [0.2, 0.25) is 15.9 Å². The molecular formula is C15H30ClN3O3S. The average molecular weight is 368 g/mol. The maximum absolute atomic E-state index is 12.5. The van der Waals surface area contributed by atoms with Crippen LogP contribution in [0.5, 0.6) is 0 Å². The van der Waals surface area contributed by atoms with E-state index in [0.29, 0.717) is 25.3 Å². The number of carbonyl (C=O) groups excluding carboxylic acids is 1. The van der Waals surface area contributed by atoms with Gasteiger partial charge < -0.3 is 10.2 Å². The summed E-state index contributed by atoms with van der Waals surface area (Å²) in [5.41, 5.74) is 0. The molecule has 2 atom stereocenters. The van der Waals surface area contributed by atoms with Crippen LogP contribution in [0.1, 0.15) is 44.9 Å².